The summed E-state index contributed by atoms with van der Waals surface area (Å²) in [6, 6.07) is 0. The quantitative estimate of drug-likeness (QED) is 0.323. The van der Waals surface area contributed by atoms with Gasteiger partial charge < -0.3 is 4.74 Å². The second-order valence-corrected chi connectivity index (χ2v) is 4.34. The Labute approximate surface area is 106 Å². The molecule has 0 saturated carbocycles. The second kappa shape index (κ2) is 8.95. The van der Waals surface area contributed by atoms with Gasteiger partial charge in [-0.3, -0.25) is 4.79 Å². The third-order valence-electron chi connectivity index (χ3n) is 1.96. The van der Waals surface area contributed by atoms with Gasteiger partial charge >= 0.3 is 5.97 Å². The maximum Gasteiger partial charge on any atom is 0.302 e. The van der Waals surface area contributed by atoms with E-state index >= 15 is 0 Å². The largest absolute Gasteiger partial charge is 0.462 e. The van der Waals surface area contributed by atoms with E-state index in [9.17, 15) is 4.79 Å². The summed E-state index contributed by atoms with van der Waals surface area (Å²) < 4.78 is 5.92. The molecule has 0 aromatic rings. The van der Waals surface area contributed by atoms with E-state index in [1.807, 2.05) is 6.08 Å². The van der Waals surface area contributed by atoms with Crippen molar-refractivity contribution < 1.29 is 9.53 Å². The Morgan fingerprint density at radius 2 is 1.87 bits per heavy atom. The van der Waals surface area contributed by atoms with Crippen molar-refractivity contribution in [2.45, 2.75) is 33.6 Å². The Hall–Kier alpha value is -0.320. The van der Waals surface area contributed by atoms with E-state index in [-0.39, 0.29) is 5.97 Å². The highest BCUT2D eigenvalue weighted by atomic mass is 127. The minimum Gasteiger partial charge on any atom is -0.462 e. The minimum absolute atomic E-state index is 0.222. The number of hydrogen-bond donors (Lipinski definition) is 0. The van der Waals surface area contributed by atoms with Crippen molar-refractivity contribution in [1.29, 1.82) is 0 Å². The molecule has 0 aromatic heterocycles. The van der Waals surface area contributed by atoms with Gasteiger partial charge in [0.05, 0.1) is 0 Å². The van der Waals surface area contributed by atoms with E-state index in [1.165, 1.54) is 18.1 Å². The van der Waals surface area contributed by atoms with Gasteiger partial charge in [0.2, 0.25) is 0 Å². The van der Waals surface area contributed by atoms with Crippen molar-refractivity contribution in [3.8, 4) is 0 Å². The number of halogens is 1. The van der Waals surface area contributed by atoms with Crippen LogP contribution in [0.3, 0.4) is 0 Å². The van der Waals surface area contributed by atoms with Crippen LogP contribution in [0.25, 0.3) is 0 Å². The van der Waals surface area contributed by atoms with Crippen molar-refractivity contribution in [3.05, 3.63) is 23.3 Å². The predicted octanol–water partition coefficient (Wildman–Crippen LogP) is 3.66. The highest BCUT2D eigenvalue weighted by molar-refractivity contribution is 14.1. The number of alkyl halides is 1. The number of ether oxygens (including phenoxy) is 1. The summed E-state index contributed by atoms with van der Waals surface area (Å²) in [4.78, 5) is 10.5. The van der Waals surface area contributed by atoms with Crippen molar-refractivity contribution in [2.24, 2.45) is 0 Å². The molecule has 0 rings (SSSR count). The summed E-state index contributed by atoms with van der Waals surface area (Å²) in [5, 5.41) is 0. The molecule has 15 heavy (non-hydrogen) atoms. The molecule has 0 atom stereocenters. The highest BCUT2D eigenvalue weighted by Crippen LogP contribution is 2.07. The Morgan fingerprint density at radius 1 is 1.20 bits per heavy atom. The smallest absolute Gasteiger partial charge is 0.302 e. The van der Waals surface area contributed by atoms with E-state index in [0.717, 1.165) is 17.3 Å². The van der Waals surface area contributed by atoms with Crippen LogP contribution in [0.5, 0.6) is 0 Å². The Bertz CT molecular complexity index is 254. The van der Waals surface area contributed by atoms with Crippen LogP contribution in [0.4, 0.5) is 0 Å². The Morgan fingerprint density at radius 3 is 2.40 bits per heavy atom. The van der Waals surface area contributed by atoms with E-state index in [1.54, 1.807) is 0 Å². The molecule has 86 valence electrons. The second-order valence-electron chi connectivity index (χ2n) is 3.58. The molecule has 0 saturated heterocycles. The topological polar surface area (TPSA) is 26.3 Å². The molecular formula is C12H19IO2. The first kappa shape index (κ1) is 14.7. The molecule has 0 bridgehead atoms. The summed E-state index contributed by atoms with van der Waals surface area (Å²) in [5.41, 5.74) is 2.69. The SMILES string of the molecule is CC(=O)OC/C=C(\C)CC/C=C(\C)CI. The van der Waals surface area contributed by atoms with Gasteiger partial charge in [-0.15, -0.1) is 0 Å². The van der Waals surface area contributed by atoms with Gasteiger partial charge in [0.15, 0.2) is 0 Å². The van der Waals surface area contributed by atoms with Gasteiger partial charge in [-0.05, 0) is 32.8 Å². The molecule has 0 aliphatic carbocycles. The van der Waals surface area contributed by atoms with E-state index in [2.05, 4.69) is 42.5 Å². The first-order valence-electron chi connectivity index (χ1n) is 5.07. The third-order valence-corrected chi connectivity index (χ3v) is 3.16. The van der Waals surface area contributed by atoms with Crippen LogP contribution in [-0.4, -0.2) is 17.0 Å². The fraction of sp³-hybridized carbons (Fsp3) is 0.583. The number of allylic oxidation sites excluding steroid dienone is 3. The number of esters is 1. The lowest BCUT2D eigenvalue weighted by Crippen LogP contribution is -1.98. The summed E-state index contributed by atoms with van der Waals surface area (Å²) >= 11 is 2.36. The first-order chi connectivity index (χ1) is 7.06. The van der Waals surface area contributed by atoms with Crippen LogP contribution in [0, 0.1) is 0 Å². The van der Waals surface area contributed by atoms with Gasteiger partial charge in [0.25, 0.3) is 0 Å². The van der Waals surface area contributed by atoms with E-state index < -0.39 is 0 Å². The minimum atomic E-state index is -0.222. The third kappa shape index (κ3) is 9.97. The molecular weight excluding hydrogens is 303 g/mol. The van der Waals surface area contributed by atoms with E-state index in [4.69, 9.17) is 4.74 Å². The number of carbonyl (C=O) groups is 1. The highest BCUT2D eigenvalue weighted by Gasteiger charge is 1.92. The van der Waals surface area contributed by atoms with Crippen LogP contribution in [0.1, 0.15) is 33.6 Å². The Balaban J connectivity index is 3.73. The Kier molecular flexibility index (Phi) is 8.76. The molecule has 3 heteroatoms. The molecule has 0 spiro atoms. The van der Waals surface area contributed by atoms with Crippen LogP contribution in [-0.2, 0) is 9.53 Å². The molecule has 0 heterocycles. The lowest BCUT2D eigenvalue weighted by atomic mass is 10.1. The molecule has 0 aliphatic heterocycles. The molecule has 2 nitrogen and oxygen atoms in total. The van der Waals surface area contributed by atoms with Gasteiger partial charge in [-0.1, -0.05) is 39.8 Å². The monoisotopic (exact) mass is 322 g/mol. The summed E-state index contributed by atoms with van der Waals surface area (Å²) in [6.45, 7) is 6.03. The van der Waals surface area contributed by atoms with Crippen LogP contribution in [0.2, 0.25) is 0 Å². The van der Waals surface area contributed by atoms with Gasteiger partial charge in [-0.2, -0.15) is 0 Å². The van der Waals surface area contributed by atoms with Gasteiger partial charge in [0, 0.05) is 11.4 Å². The lowest BCUT2D eigenvalue weighted by molar-refractivity contribution is -0.139. The van der Waals surface area contributed by atoms with Crippen molar-refractivity contribution >= 4 is 28.6 Å². The number of hydrogen-bond acceptors (Lipinski definition) is 2. The molecule has 0 aliphatic rings. The van der Waals surface area contributed by atoms with Crippen molar-refractivity contribution in [1.82, 2.24) is 0 Å². The van der Waals surface area contributed by atoms with Crippen LogP contribution >= 0.6 is 22.6 Å². The zero-order chi connectivity index (χ0) is 11.7. The van der Waals surface area contributed by atoms with Crippen molar-refractivity contribution in [2.75, 3.05) is 11.0 Å². The van der Waals surface area contributed by atoms with E-state index in [0.29, 0.717) is 6.61 Å². The number of rotatable bonds is 6. The zero-order valence-corrected chi connectivity index (χ0v) is 11.8. The number of carbonyl (C=O) groups excluding carboxylic acids is 1. The average molecular weight is 322 g/mol. The maximum atomic E-state index is 10.5. The standard InChI is InChI=1S/C12H19IO2/c1-10(7-8-15-12(3)14)5-4-6-11(2)9-13/h6-7H,4-5,8-9H2,1-3H3/b10-7+,11-6+. The predicted molar refractivity (Wildman–Crippen MR) is 72.3 cm³/mol. The first-order valence-corrected chi connectivity index (χ1v) is 6.59. The molecule has 0 amide bonds. The fourth-order valence-corrected chi connectivity index (χ4v) is 1.32. The van der Waals surface area contributed by atoms with Gasteiger partial charge in [-0.25, -0.2) is 0 Å². The zero-order valence-electron chi connectivity index (χ0n) is 9.68. The van der Waals surface area contributed by atoms with Crippen LogP contribution in [0.15, 0.2) is 23.3 Å². The van der Waals surface area contributed by atoms with Gasteiger partial charge in [0.1, 0.15) is 6.61 Å². The van der Waals surface area contributed by atoms with Crippen molar-refractivity contribution in [3.63, 3.8) is 0 Å². The molecule has 0 unspecified atom stereocenters. The maximum absolute atomic E-state index is 10.5. The molecule has 0 aromatic carbocycles. The lowest BCUT2D eigenvalue weighted by Gasteiger charge is -2.00. The summed E-state index contributed by atoms with van der Waals surface area (Å²) in [6.07, 6.45) is 6.33. The average Bonchev–Trinajstić information content (AvgIpc) is 2.17. The van der Waals surface area contributed by atoms with Crippen LogP contribution < -0.4 is 0 Å². The summed E-state index contributed by atoms with van der Waals surface area (Å²) in [5.74, 6) is -0.222. The normalized spacial score (nSPS) is 12.8. The fourth-order valence-electron chi connectivity index (χ4n) is 1.00. The summed E-state index contributed by atoms with van der Waals surface area (Å²) in [7, 11) is 0. The molecule has 0 fully saturated rings. The molecule has 0 N–H and O–H groups in total. The molecule has 0 radical (unpaired) electrons.